The van der Waals surface area contributed by atoms with E-state index in [-0.39, 0.29) is 29.8 Å². The predicted molar refractivity (Wildman–Crippen MR) is 98.7 cm³/mol. The quantitative estimate of drug-likeness (QED) is 0.784. The maximum atomic E-state index is 12.8. The van der Waals surface area contributed by atoms with E-state index in [1.165, 1.54) is 6.26 Å². The SMILES string of the molecule is CC1c2cccc(S(C)(=O)=O)c2CN1C(=O)Cc1c(Cl)cccc1Cl. The van der Waals surface area contributed by atoms with Crippen LogP contribution in [0.4, 0.5) is 0 Å². The number of benzene rings is 2. The highest BCUT2D eigenvalue weighted by Gasteiger charge is 2.33. The highest BCUT2D eigenvalue weighted by Crippen LogP contribution is 2.37. The van der Waals surface area contributed by atoms with Crippen LogP contribution < -0.4 is 0 Å². The minimum Gasteiger partial charge on any atom is -0.331 e. The Morgan fingerprint density at radius 1 is 1.16 bits per heavy atom. The Hall–Kier alpha value is -1.56. The van der Waals surface area contributed by atoms with Crippen LogP contribution >= 0.6 is 23.2 Å². The summed E-state index contributed by atoms with van der Waals surface area (Å²) in [5.74, 6) is -0.141. The molecule has 1 aliphatic rings. The Balaban J connectivity index is 1.92. The number of nitrogens with zero attached hydrogens (tertiary/aromatic N) is 1. The average Bonchev–Trinajstić information content (AvgIpc) is 2.87. The van der Waals surface area contributed by atoms with Crippen LogP contribution in [0.3, 0.4) is 0 Å². The molecule has 1 amide bonds. The van der Waals surface area contributed by atoms with Crippen LogP contribution in [0.25, 0.3) is 0 Å². The highest BCUT2D eigenvalue weighted by molar-refractivity contribution is 7.90. The van der Waals surface area contributed by atoms with Crippen molar-refractivity contribution in [2.75, 3.05) is 6.26 Å². The molecule has 0 bridgehead atoms. The smallest absolute Gasteiger partial charge is 0.227 e. The molecule has 1 heterocycles. The van der Waals surface area contributed by atoms with Crippen molar-refractivity contribution >= 4 is 38.9 Å². The van der Waals surface area contributed by atoms with Gasteiger partial charge in [0.05, 0.1) is 17.4 Å². The Kier molecular flexibility index (Phi) is 4.84. The summed E-state index contributed by atoms with van der Waals surface area (Å²) in [4.78, 5) is 14.8. The summed E-state index contributed by atoms with van der Waals surface area (Å²) in [6.45, 7) is 2.16. The maximum Gasteiger partial charge on any atom is 0.227 e. The van der Waals surface area contributed by atoms with Gasteiger partial charge in [0.1, 0.15) is 0 Å². The van der Waals surface area contributed by atoms with Crippen molar-refractivity contribution in [2.45, 2.75) is 30.8 Å². The Bertz CT molecular complexity index is 937. The molecule has 0 aliphatic carbocycles. The van der Waals surface area contributed by atoms with E-state index < -0.39 is 9.84 Å². The standard InChI is InChI=1S/C18H17Cl2NO3S/c1-11-12-5-3-8-17(25(2,23)24)14(12)10-21(11)18(22)9-13-15(19)6-4-7-16(13)20/h3-8,11H,9-10H2,1-2H3. The fourth-order valence-electron chi connectivity index (χ4n) is 3.22. The number of halogens is 2. The van der Waals surface area contributed by atoms with Gasteiger partial charge in [-0.1, -0.05) is 41.4 Å². The third kappa shape index (κ3) is 3.41. The first-order valence-corrected chi connectivity index (χ1v) is 10.4. The molecular weight excluding hydrogens is 381 g/mol. The number of sulfone groups is 1. The molecule has 132 valence electrons. The van der Waals surface area contributed by atoms with Gasteiger partial charge >= 0.3 is 0 Å². The van der Waals surface area contributed by atoms with Crippen LogP contribution in [-0.4, -0.2) is 25.5 Å². The molecule has 0 aromatic heterocycles. The lowest BCUT2D eigenvalue weighted by Gasteiger charge is -2.22. The zero-order valence-corrected chi connectivity index (χ0v) is 16.1. The molecule has 2 aromatic rings. The van der Waals surface area contributed by atoms with Gasteiger partial charge < -0.3 is 4.90 Å². The van der Waals surface area contributed by atoms with E-state index in [1.54, 1.807) is 35.2 Å². The summed E-state index contributed by atoms with van der Waals surface area (Å²) < 4.78 is 24.0. The Morgan fingerprint density at radius 2 is 1.76 bits per heavy atom. The summed E-state index contributed by atoms with van der Waals surface area (Å²) in [5, 5.41) is 0.893. The van der Waals surface area contributed by atoms with E-state index in [2.05, 4.69) is 0 Å². The van der Waals surface area contributed by atoms with Gasteiger partial charge in [-0.3, -0.25) is 4.79 Å². The molecule has 0 spiro atoms. The maximum absolute atomic E-state index is 12.8. The number of hydrogen-bond donors (Lipinski definition) is 0. The van der Waals surface area contributed by atoms with Crippen molar-refractivity contribution in [1.29, 1.82) is 0 Å². The van der Waals surface area contributed by atoms with Crippen LogP contribution in [0.15, 0.2) is 41.3 Å². The zero-order valence-electron chi connectivity index (χ0n) is 13.8. The average molecular weight is 398 g/mol. The molecule has 1 aliphatic heterocycles. The number of carbonyl (C=O) groups excluding carboxylic acids is 1. The van der Waals surface area contributed by atoms with Crippen LogP contribution in [0.2, 0.25) is 10.0 Å². The lowest BCUT2D eigenvalue weighted by atomic mass is 10.1. The van der Waals surface area contributed by atoms with Crippen molar-refractivity contribution in [2.24, 2.45) is 0 Å². The minimum atomic E-state index is -3.35. The molecule has 4 nitrogen and oxygen atoms in total. The largest absolute Gasteiger partial charge is 0.331 e. The summed E-state index contributed by atoms with van der Waals surface area (Å²) in [6, 6.07) is 10.1. The number of fused-ring (bicyclic) bond motifs is 1. The first-order valence-electron chi connectivity index (χ1n) is 7.74. The third-order valence-electron chi connectivity index (χ3n) is 4.52. The second-order valence-corrected chi connectivity index (χ2v) is 8.97. The van der Waals surface area contributed by atoms with Gasteiger partial charge in [0.25, 0.3) is 0 Å². The molecule has 1 unspecified atom stereocenters. The second-order valence-electron chi connectivity index (χ2n) is 6.17. The first kappa shape index (κ1) is 18.2. The minimum absolute atomic E-state index is 0.0744. The third-order valence-corrected chi connectivity index (χ3v) is 6.41. The van der Waals surface area contributed by atoms with Crippen molar-refractivity contribution < 1.29 is 13.2 Å². The summed E-state index contributed by atoms with van der Waals surface area (Å²) in [5.41, 5.74) is 2.14. The topological polar surface area (TPSA) is 54.5 Å². The van der Waals surface area contributed by atoms with Crippen LogP contribution in [-0.2, 0) is 27.6 Å². The van der Waals surface area contributed by atoms with E-state index in [9.17, 15) is 13.2 Å². The molecule has 0 N–H and O–H groups in total. The van der Waals surface area contributed by atoms with Gasteiger partial charge in [0, 0.05) is 22.8 Å². The van der Waals surface area contributed by atoms with Crippen LogP contribution in [0.5, 0.6) is 0 Å². The van der Waals surface area contributed by atoms with Gasteiger partial charge in [-0.2, -0.15) is 0 Å². The van der Waals surface area contributed by atoms with Crippen LogP contribution in [0, 0.1) is 0 Å². The zero-order chi connectivity index (χ0) is 18.4. The molecule has 0 radical (unpaired) electrons. The fraction of sp³-hybridized carbons (Fsp3) is 0.278. The molecule has 0 saturated heterocycles. The van der Waals surface area contributed by atoms with Crippen molar-refractivity contribution in [3.05, 3.63) is 63.1 Å². The molecule has 3 rings (SSSR count). The second kappa shape index (κ2) is 6.63. The fourth-order valence-corrected chi connectivity index (χ4v) is 4.71. The lowest BCUT2D eigenvalue weighted by molar-refractivity contribution is -0.132. The van der Waals surface area contributed by atoms with E-state index >= 15 is 0 Å². The molecule has 2 aromatic carbocycles. The molecule has 25 heavy (non-hydrogen) atoms. The van der Waals surface area contributed by atoms with E-state index in [0.717, 1.165) is 5.56 Å². The molecule has 0 fully saturated rings. The van der Waals surface area contributed by atoms with Gasteiger partial charge in [-0.05, 0) is 41.8 Å². The van der Waals surface area contributed by atoms with Crippen molar-refractivity contribution in [3.8, 4) is 0 Å². The van der Waals surface area contributed by atoms with E-state index in [1.807, 2.05) is 13.0 Å². The van der Waals surface area contributed by atoms with Crippen LogP contribution in [0.1, 0.15) is 29.7 Å². The number of rotatable bonds is 3. The molecular formula is C18H17Cl2NO3S. The summed E-state index contributed by atoms with van der Waals surface area (Å²) in [6.07, 6.45) is 1.26. The van der Waals surface area contributed by atoms with Gasteiger partial charge in [0.15, 0.2) is 9.84 Å². The molecule has 0 saturated carbocycles. The number of carbonyl (C=O) groups is 1. The van der Waals surface area contributed by atoms with E-state index in [4.69, 9.17) is 23.2 Å². The summed E-state index contributed by atoms with van der Waals surface area (Å²) in [7, 11) is -3.35. The first-order chi connectivity index (χ1) is 11.7. The Morgan fingerprint density at radius 3 is 2.36 bits per heavy atom. The predicted octanol–water partition coefficient (Wildman–Crippen LogP) is 4.04. The monoisotopic (exact) mass is 397 g/mol. The normalized spacial score (nSPS) is 16.8. The number of amides is 1. The lowest BCUT2D eigenvalue weighted by Crippen LogP contribution is -2.29. The van der Waals surface area contributed by atoms with Crippen molar-refractivity contribution in [1.82, 2.24) is 4.90 Å². The van der Waals surface area contributed by atoms with Gasteiger partial charge in [-0.15, -0.1) is 0 Å². The number of hydrogen-bond acceptors (Lipinski definition) is 3. The highest BCUT2D eigenvalue weighted by atomic mass is 35.5. The van der Waals surface area contributed by atoms with E-state index in [0.29, 0.717) is 21.2 Å². The van der Waals surface area contributed by atoms with Crippen molar-refractivity contribution in [3.63, 3.8) is 0 Å². The molecule has 1 atom stereocenters. The Labute approximate surface area is 157 Å². The van der Waals surface area contributed by atoms with Gasteiger partial charge in [-0.25, -0.2) is 8.42 Å². The summed E-state index contributed by atoms with van der Waals surface area (Å²) >= 11 is 12.3. The molecule has 7 heteroatoms. The van der Waals surface area contributed by atoms with Gasteiger partial charge in [0.2, 0.25) is 5.91 Å².